The summed E-state index contributed by atoms with van der Waals surface area (Å²) in [7, 11) is 0. The van der Waals surface area contributed by atoms with Crippen LogP contribution in [0.2, 0.25) is 5.02 Å². The molecule has 4 aromatic rings. The van der Waals surface area contributed by atoms with Crippen LogP contribution in [0.4, 0.5) is 5.69 Å². The molecule has 0 spiro atoms. The number of benzene rings is 2. The molecule has 0 unspecified atom stereocenters. The van der Waals surface area contributed by atoms with Gasteiger partial charge in [-0.2, -0.15) is 8.75 Å². The summed E-state index contributed by atoms with van der Waals surface area (Å²) in [5.74, 6) is 0.240. The molecule has 2 aromatic carbocycles. The first kappa shape index (κ1) is 19.5. The molecule has 29 heavy (non-hydrogen) atoms. The maximum atomic E-state index is 12.5. The van der Waals surface area contributed by atoms with Crippen LogP contribution in [0.15, 0.2) is 46.9 Å². The van der Waals surface area contributed by atoms with Crippen LogP contribution in [0.3, 0.4) is 0 Å². The molecule has 0 radical (unpaired) electrons. The zero-order valence-corrected chi connectivity index (χ0v) is 17.8. The number of aromatic nitrogens is 2. The number of fused-ring (bicyclic) bond motifs is 1. The van der Waals surface area contributed by atoms with Crippen molar-refractivity contribution in [1.82, 2.24) is 14.1 Å². The molecule has 0 bridgehead atoms. The minimum absolute atomic E-state index is 0.145. The molecule has 0 aliphatic heterocycles. The van der Waals surface area contributed by atoms with E-state index in [-0.39, 0.29) is 10.9 Å². The van der Waals surface area contributed by atoms with Crippen LogP contribution in [0.25, 0.3) is 22.4 Å². The zero-order chi connectivity index (χ0) is 20.5. The number of anilines is 1. The van der Waals surface area contributed by atoms with Crippen molar-refractivity contribution in [2.45, 2.75) is 13.8 Å². The summed E-state index contributed by atoms with van der Waals surface area (Å²) < 4.78 is 14.2. The minimum atomic E-state index is -0.451. The van der Waals surface area contributed by atoms with Crippen LogP contribution in [0, 0.1) is 13.8 Å². The maximum Gasteiger partial charge on any atom is 0.293 e. The standard InChI is InChI=1S/C20H15ClN4O2S2/c1-10-3-5-12(9-13(10)21)15-7-8-16(27-15)19(26)23-20(28)22-17-11(2)4-6-14-18(17)25-29-24-14/h3-9H,1-2H3,(H2,22,23,26,28). The molecule has 9 heteroatoms. The summed E-state index contributed by atoms with van der Waals surface area (Å²) in [6.45, 7) is 3.85. The van der Waals surface area contributed by atoms with E-state index < -0.39 is 5.91 Å². The molecule has 0 atom stereocenters. The van der Waals surface area contributed by atoms with Gasteiger partial charge in [-0.3, -0.25) is 10.1 Å². The van der Waals surface area contributed by atoms with Gasteiger partial charge in [-0.1, -0.05) is 29.8 Å². The second-order valence-corrected chi connectivity index (χ2v) is 7.77. The smallest absolute Gasteiger partial charge is 0.293 e. The summed E-state index contributed by atoms with van der Waals surface area (Å²) in [6.07, 6.45) is 0. The van der Waals surface area contributed by atoms with Crippen molar-refractivity contribution >= 4 is 63.3 Å². The van der Waals surface area contributed by atoms with Crippen molar-refractivity contribution in [1.29, 1.82) is 0 Å². The molecule has 0 aliphatic rings. The Labute approximate surface area is 181 Å². The van der Waals surface area contributed by atoms with Crippen molar-refractivity contribution < 1.29 is 9.21 Å². The summed E-state index contributed by atoms with van der Waals surface area (Å²) in [5.41, 5.74) is 4.90. The van der Waals surface area contributed by atoms with Crippen LogP contribution >= 0.6 is 35.5 Å². The first-order valence-corrected chi connectivity index (χ1v) is 10.1. The van der Waals surface area contributed by atoms with E-state index in [2.05, 4.69) is 19.4 Å². The molecule has 0 fully saturated rings. The van der Waals surface area contributed by atoms with E-state index in [1.807, 2.05) is 38.1 Å². The summed E-state index contributed by atoms with van der Waals surface area (Å²) in [6, 6.07) is 12.7. The number of hydrogen-bond donors (Lipinski definition) is 2. The molecule has 2 aromatic heterocycles. The fraction of sp³-hybridized carbons (Fsp3) is 0.100. The molecule has 2 N–H and O–H groups in total. The van der Waals surface area contributed by atoms with Crippen LogP contribution in [-0.2, 0) is 0 Å². The monoisotopic (exact) mass is 442 g/mol. The summed E-state index contributed by atoms with van der Waals surface area (Å²) in [5, 5.41) is 6.45. The largest absolute Gasteiger partial charge is 0.451 e. The second kappa shape index (κ2) is 7.90. The highest BCUT2D eigenvalue weighted by Gasteiger charge is 2.16. The molecular formula is C20H15ClN4O2S2. The number of halogens is 1. The number of carbonyl (C=O) groups is 1. The molecule has 0 saturated carbocycles. The van der Waals surface area contributed by atoms with E-state index in [9.17, 15) is 4.79 Å². The number of aryl methyl sites for hydroxylation is 2. The molecule has 4 rings (SSSR count). The number of nitrogens with zero attached hydrogens (tertiary/aromatic N) is 2. The van der Waals surface area contributed by atoms with Gasteiger partial charge < -0.3 is 9.73 Å². The lowest BCUT2D eigenvalue weighted by molar-refractivity contribution is 0.0951. The topological polar surface area (TPSA) is 80.0 Å². The second-order valence-electron chi connectivity index (χ2n) is 6.43. The number of nitrogens with one attached hydrogen (secondary N) is 2. The van der Waals surface area contributed by atoms with Crippen molar-refractivity contribution in [2.75, 3.05) is 5.32 Å². The van der Waals surface area contributed by atoms with Crippen LogP contribution in [0.1, 0.15) is 21.7 Å². The Kier molecular flexibility index (Phi) is 5.31. The third-order valence-corrected chi connectivity index (χ3v) is 5.54. The summed E-state index contributed by atoms with van der Waals surface area (Å²) in [4.78, 5) is 12.5. The van der Waals surface area contributed by atoms with Gasteiger partial charge in [0.1, 0.15) is 16.8 Å². The van der Waals surface area contributed by atoms with E-state index in [1.165, 1.54) is 0 Å². The van der Waals surface area contributed by atoms with E-state index in [0.717, 1.165) is 39.6 Å². The number of rotatable bonds is 3. The fourth-order valence-electron chi connectivity index (χ4n) is 2.78. The van der Waals surface area contributed by atoms with Crippen molar-refractivity contribution in [3.63, 3.8) is 0 Å². The maximum absolute atomic E-state index is 12.5. The average molecular weight is 443 g/mol. The van der Waals surface area contributed by atoms with Crippen LogP contribution < -0.4 is 10.6 Å². The molecule has 0 aliphatic carbocycles. The molecule has 0 saturated heterocycles. The summed E-state index contributed by atoms with van der Waals surface area (Å²) >= 11 is 12.6. The van der Waals surface area contributed by atoms with E-state index in [0.29, 0.717) is 16.3 Å². The lowest BCUT2D eigenvalue weighted by atomic mass is 10.1. The van der Waals surface area contributed by atoms with Gasteiger partial charge in [-0.15, -0.1) is 0 Å². The first-order chi connectivity index (χ1) is 13.9. The Morgan fingerprint density at radius 1 is 1.10 bits per heavy atom. The number of hydrogen-bond acceptors (Lipinski definition) is 6. The molecule has 146 valence electrons. The molecule has 6 nitrogen and oxygen atoms in total. The predicted octanol–water partition coefficient (Wildman–Crippen LogP) is 5.35. The lowest BCUT2D eigenvalue weighted by Gasteiger charge is -2.11. The van der Waals surface area contributed by atoms with E-state index in [4.69, 9.17) is 28.2 Å². The van der Waals surface area contributed by atoms with Gasteiger partial charge in [-0.05, 0) is 61.5 Å². The fourth-order valence-corrected chi connectivity index (χ4v) is 3.70. The zero-order valence-electron chi connectivity index (χ0n) is 15.4. The van der Waals surface area contributed by atoms with Gasteiger partial charge in [0.15, 0.2) is 10.9 Å². The van der Waals surface area contributed by atoms with Gasteiger partial charge in [-0.25, -0.2) is 0 Å². The Morgan fingerprint density at radius 2 is 1.90 bits per heavy atom. The Bertz CT molecular complexity index is 1250. The van der Waals surface area contributed by atoms with Gasteiger partial charge in [0.05, 0.1) is 17.4 Å². The minimum Gasteiger partial charge on any atom is -0.451 e. The molecular weight excluding hydrogens is 428 g/mol. The third kappa shape index (κ3) is 4.00. The normalized spacial score (nSPS) is 10.9. The Morgan fingerprint density at radius 3 is 2.69 bits per heavy atom. The van der Waals surface area contributed by atoms with Crippen LogP contribution in [-0.4, -0.2) is 19.8 Å². The van der Waals surface area contributed by atoms with Gasteiger partial charge in [0.2, 0.25) is 0 Å². The highest BCUT2D eigenvalue weighted by Crippen LogP contribution is 2.27. The molecule has 2 heterocycles. The average Bonchev–Trinajstić information content (AvgIpc) is 3.36. The Hall–Kier alpha value is -2.81. The SMILES string of the molecule is Cc1ccc(-c2ccc(C(=O)NC(=S)Nc3c(C)ccc4nsnc34)o2)cc1Cl. The molecule has 1 amide bonds. The lowest BCUT2D eigenvalue weighted by Crippen LogP contribution is -2.34. The quantitative estimate of drug-likeness (QED) is 0.416. The van der Waals surface area contributed by atoms with Crippen molar-refractivity contribution in [3.8, 4) is 11.3 Å². The van der Waals surface area contributed by atoms with E-state index >= 15 is 0 Å². The number of thiocarbonyl (C=S) groups is 1. The number of carbonyl (C=O) groups excluding carboxylic acids is 1. The third-order valence-electron chi connectivity index (χ3n) is 4.39. The first-order valence-electron chi connectivity index (χ1n) is 8.63. The number of furan rings is 1. The highest BCUT2D eigenvalue weighted by molar-refractivity contribution is 7.80. The van der Waals surface area contributed by atoms with Gasteiger partial charge in [0.25, 0.3) is 5.91 Å². The Balaban J connectivity index is 1.49. The number of amides is 1. The highest BCUT2D eigenvalue weighted by atomic mass is 35.5. The van der Waals surface area contributed by atoms with Crippen molar-refractivity contribution in [2.24, 2.45) is 0 Å². The van der Waals surface area contributed by atoms with Crippen LogP contribution in [0.5, 0.6) is 0 Å². The van der Waals surface area contributed by atoms with E-state index in [1.54, 1.807) is 18.2 Å². The van der Waals surface area contributed by atoms with Gasteiger partial charge >= 0.3 is 0 Å². The van der Waals surface area contributed by atoms with Crippen molar-refractivity contribution in [3.05, 3.63) is 64.4 Å². The van der Waals surface area contributed by atoms with Gasteiger partial charge in [0, 0.05) is 10.6 Å². The predicted molar refractivity (Wildman–Crippen MR) is 120 cm³/mol.